The molecule has 1 aromatic rings. The van der Waals surface area contributed by atoms with Gasteiger partial charge in [-0.3, -0.25) is 0 Å². The molecule has 2 unspecified atom stereocenters. The zero-order chi connectivity index (χ0) is 25.1. The molecule has 0 spiro atoms. The van der Waals surface area contributed by atoms with Crippen LogP contribution < -0.4 is 0 Å². The molecule has 1 saturated carbocycles. The molecule has 35 heavy (non-hydrogen) atoms. The van der Waals surface area contributed by atoms with E-state index in [0.29, 0.717) is 5.56 Å². The summed E-state index contributed by atoms with van der Waals surface area (Å²) in [6.07, 6.45) is 2.53. The Morgan fingerprint density at radius 2 is 1.69 bits per heavy atom. The molecule has 1 aromatic carbocycles. The molecular formula is C27H36F4N2O2. The number of nitrogens with zero attached hydrogens (tertiary/aromatic N) is 2. The van der Waals surface area contributed by atoms with Crippen LogP contribution in [0.3, 0.4) is 0 Å². The third-order valence-corrected chi connectivity index (χ3v) is 7.72. The van der Waals surface area contributed by atoms with E-state index in [1.807, 2.05) is 6.08 Å². The normalized spacial score (nSPS) is 25.0. The minimum atomic E-state index is -4.39. The Labute approximate surface area is 205 Å². The van der Waals surface area contributed by atoms with Gasteiger partial charge in [-0.25, -0.2) is 4.39 Å². The van der Waals surface area contributed by atoms with Gasteiger partial charge in [-0.2, -0.15) is 13.2 Å². The highest BCUT2D eigenvalue weighted by molar-refractivity contribution is 5.29. The van der Waals surface area contributed by atoms with Crippen molar-refractivity contribution in [2.75, 3.05) is 39.8 Å². The van der Waals surface area contributed by atoms with Gasteiger partial charge in [-0.15, -0.1) is 0 Å². The lowest BCUT2D eigenvalue weighted by molar-refractivity contribution is -0.137. The van der Waals surface area contributed by atoms with Crippen molar-refractivity contribution in [2.24, 2.45) is 5.92 Å². The summed E-state index contributed by atoms with van der Waals surface area (Å²) >= 11 is 0. The van der Waals surface area contributed by atoms with Crippen molar-refractivity contribution < 1.29 is 27.4 Å². The molecule has 1 saturated heterocycles. The van der Waals surface area contributed by atoms with E-state index in [1.165, 1.54) is 12.1 Å². The topological polar surface area (TPSA) is 35.9 Å². The number of ether oxygens (including phenoxy) is 1. The molecule has 0 bridgehead atoms. The lowest BCUT2D eigenvalue weighted by atomic mass is 9.70. The van der Waals surface area contributed by atoms with Gasteiger partial charge in [0.15, 0.2) is 6.17 Å². The molecule has 4 nitrogen and oxygen atoms in total. The molecule has 1 N–H and O–H groups in total. The summed E-state index contributed by atoms with van der Waals surface area (Å²) in [5.41, 5.74) is -0.0753. The van der Waals surface area contributed by atoms with Crippen molar-refractivity contribution in [3.8, 4) is 0 Å². The molecule has 0 radical (unpaired) electrons. The van der Waals surface area contributed by atoms with Gasteiger partial charge < -0.3 is 19.6 Å². The fourth-order valence-corrected chi connectivity index (χ4v) is 5.46. The number of hydrogen-bond donors (Lipinski definition) is 1. The first-order valence-electron chi connectivity index (χ1n) is 12.6. The summed E-state index contributed by atoms with van der Waals surface area (Å²) < 4.78 is 59.1. The van der Waals surface area contributed by atoms with E-state index in [-0.39, 0.29) is 24.7 Å². The van der Waals surface area contributed by atoms with Crippen molar-refractivity contribution in [1.82, 2.24) is 9.80 Å². The number of hydrogen-bond acceptors (Lipinski definition) is 4. The number of benzene rings is 1. The Morgan fingerprint density at radius 3 is 2.29 bits per heavy atom. The summed E-state index contributed by atoms with van der Waals surface area (Å²) in [6.45, 7) is 4.57. The number of alkyl halides is 4. The summed E-state index contributed by atoms with van der Waals surface area (Å²) in [4.78, 5) is 4.67. The number of rotatable bonds is 7. The number of allylic oxidation sites excluding steroid dienone is 3. The van der Waals surface area contributed by atoms with Gasteiger partial charge in [-0.1, -0.05) is 43.0 Å². The van der Waals surface area contributed by atoms with Crippen LogP contribution in [0.2, 0.25) is 0 Å². The zero-order valence-corrected chi connectivity index (χ0v) is 20.4. The average molecular weight is 497 g/mol. The van der Waals surface area contributed by atoms with E-state index < -0.39 is 23.5 Å². The zero-order valence-electron chi connectivity index (χ0n) is 20.4. The fourth-order valence-electron chi connectivity index (χ4n) is 5.46. The highest BCUT2D eigenvalue weighted by Crippen LogP contribution is 2.42. The molecule has 194 valence electrons. The van der Waals surface area contributed by atoms with Crippen LogP contribution in [0.25, 0.3) is 0 Å². The maximum absolute atomic E-state index is 15.2. The summed E-state index contributed by atoms with van der Waals surface area (Å²) in [5.74, 6) is 0.0554. The minimum Gasteiger partial charge on any atom is -0.490 e. The third kappa shape index (κ3) is 6.66. The predicted octanol–water partition coefficient (Wildman–Crippen LogP) is 5.33. The van der Waals surface area contributed by atoms with Crippen molar-refractivity contribution in [3.05, 3.63) is 58.9 Å². The van der Waals surface area contributed by atoms with Crippen LogP contribution in [-0.2, 0) is 17.5 Å². The molecule has 3 aliphatic rings. The first-order valence-corrected chi connectivity index (χ1v) is 12.6. The van der Waals surface area contributed by atoms with Crippen LogP contribution in [0.5, 0.6) is 0 Å². The van der Waals surface area contributed by atoms with Gasteiger partial charge >= 0.3 is 6.18 Å². The van der Waals surface area contributed by atoms with E-state index in [0.717, 1.165) is 82.5 Å². The molecule has 8 heteroatoms. The molecule has 0 aromatic heterocycles. The Morgan fingerprint density at radius 1 is 1.03 bits per heavy atom. The predicted molar refractivity (Wildman–Crippen MR) is 127 cm³/mol. The quantitative estimate of drug-likeness (QED) is 0.518. The van der Waals surface area contributed by atoms with Crippen molar-refractivity contribution >= 4 is 0 Å². The molecular weight excluding hydrogens is 460 g/mol. The van der Waals surface area contributed by atoms with E-state index in [4.69, 9.17) is 4.74 Å². The number of likely N-dealkylation sites (N-methyl/N-ethyl adjacent to an activating group) is 1. The van der Waals surface area contributed by atoms with Gasteiger partial charge in [0, 0.05) is 45.1 Å². The largest absolute Gasteiger partial charge is 0.490 e. The lowest BCUT2D eigenvalue weighted by Crippen LogP contribution is -2.51. The van der Waals surface area contributed by atoms with Crippen molar-refractivity contribution in [3.63, 3.8) is 0 Å². The highest BCUT2D eigenvalue weighted by Gasteiger charge is 2.42. The van der Waals surface area contributed by atoms with Crippen LogP contribution in [0.4, 0.5) is 17.6 Å². The summed E-state index contributed by atoms with van der Waals surface area (Å²) in [7, 11) is 2.11. The second-order valence-corrected chi connectivity index (χ2v) is 10.3. The number of piperazine rings is 1. The van der Waals surface area contributed by atoms with Crippen LogP contribution in [0.1, 0.15) is 49.7 Å². The average Bonchev–Trinajstić information content (AvgIpc) is 2.83. The Bertz CT molecular complexity index is 899. The standard InChI is InChI=1S/C27H36F4N2O2/c1-32-13-15-33(16-14-32)18-23(26(34)11-3-2-4-12-26)21-7-10-25(24(28)17-21)35-19-20-5-8-22(9-6-20)27(29,30)31/h5-10,23-24,34H,2-4,11-19H2,1H3. The molecule has 1 heterocycles. The Hall–Kier alpha value is -1.90. The fraction of sp³-hybridized carbons (Fsp3) is 0.630. The van der Waals surface area contributed by atoms with Crippen LogP contribution in [0.15, 0.2) is 47.7 Å². The van der Waals surface area contributed by atoms with E-state index >= 15 is 4.39 Å². The maximum atomic E-state index is 15.2. The number of halogens is 4. The first-order chi connectivity index (χ1) is 16.6. The SMILES string of the molecule is CN1CCN(CC(C2=CC=C(OCc3ccc(C(F)(F)F)cc3)C(F)C2)C2(O)CCCCC2)CC1. The summed E-state index contributed by atoms with van der Waals surface area (Å²) in [5, 5.41) is 11.6. The molecule has 0 amide bonds. The van der Waals surface area contributed by atoms with Gasteiger partial charge in [-0.05, 0) is 43.7 Å². The molecule has 2 aliphatic carbocycles. The Balaban J connectivity index is 1.45. The number of aliphatic hydroxyl groups is 1. The second-order valence-electron chi connectivity index (χ2n) is 10.3. The van der Waals surface area contributed by atoms with Gasteiger partial charge in [0.2, 0.25) is 0 Å². The van der Waals surface area contributed by atoms with Gasteiger partial charge in [0.25, 0.3) is 0 Å². The van der Waals surface area contributed by atoms with E-state index in [2.05, 4.69) is 16.8 Å². The van der Waals surface area contributed by atoms with E-state index in [1.54, 1.807) is 6.08 Å². The highest BCUT2D eigenvalue weighted by atomic mass is 19.4. The maximum Gasteiger partial charge on any atom is 0.416 e. The second kappa shape index (κ2) is 11.0. The molecule has 4 rings (SSSR count). The van der Waals surface area contributed by atoms with Gasteiger partial charge in [0.1, 0.15) is 12.4 Å². The van der Waals surface area contributed by atoms with Gasteiger partial charge in [0.05, 0.1) is 11.2 Å². The van der Waals surface area contributed by atoms with Crippen molar-refractivity contribution in [2.45, 2.75) is 63.1 Å². The molecule has 1 aliphatic heterocycles. The summed E-state index contributed by atoms with van der Waals surface area (Å²) in [6, 6.07) is 4.72. The monoisotopic (exact) mass is 496 g/mol. The first kappa shape index (κ1) is 26.2. The van der Waals surface area contributed by atoms with Crippen LogP contribution in [-0.4, -0.2) is 66.5 Å². The Kier molecular flexibility index (Phi) is 8.23. The van der Waals surface area contributed by atoms with E-state index in [9.17, 15) is 18.3 Å². The molecule has 2 atom stereocenters. The third-order valence-electron chi connectivity index (χ3n) is 7.72. The lowest BCUT2D eigenvalue weighted by Gasteiger charge is -2.44. The molecule has 2 fully saturated rings. The smallest absolute Gasteiger partial charge is 0.416 e. The minimum absolute atomic E-state index is 0.00221. The van der Waals surface area contributed by atoms with Crippen molar-refractivity contribution in [1.29, 1.82) is 0 Å². The van der Waals surface area contributed by atoms with Crippen LogP contribution >= 0.6 is 0 Å². The van der Waals surface area contributed by atoms with Crippen LogP contribution in [0, 0.1) is 5.92 Å².